The van der Waals surface area contributed by atoms with Crippen molar-refractivity contribution in [2.24, 2.45) is 5.92 Å². The maximum absolute atomic E-state index is 8.88. The Morgan fingerprint density at radius 1 is 1.08 bits per heavy atom. The van der Waals surface area contributed by atoms with Crippen LogP contribution in [0.15, 0.2) is 36.6 Å². The summed E-state index contributed by atoms with van der Waals surface area (Å²) in [5.74, 6) is 1.35. The highest BCUT2D eigenvalue weighted by molar-refractivity contribution is 5.33. The molecule has 0 aromatic heterocycles. The van der Waals surface area contributed by atoms with E-state index in [1.54, 1.807) is 0 Å². The molecule has 2 nitrogen and oxygen atoms in total. The molecule has 0 unspecified atom stereocenters. The minimum atomic E-state index is 0.656. The van der Waals surface area contributed by atoms with Crippen LogP contribution in [-0.2, 0) is 4.74 Å². The molecule has 1 aliphatic carbocycles. The first-order valence-corrected chi connectivity index (χ1v) is 9.60. The predicted octanol–water partition coefficient (Wildman–Crippen LogP) is 6.33. The van der Waals surface area contributed by atoms with Crippen LogP contribution in [0.3, 0.4) is 0 Å². The lowest BCUT2D eigenvalue weighted by molar-refractivity contribution is 0.159. The Morgan fingerprint density at radius 2 is 1.83 bits per heavy atom. The lowest BCUT2D eigenvalue weighted by Crippen LogP contribution is -2.17. The molecule has 0 spiro atoms. The average Bonchev–Trinajstić information content (AvgIpc) is 2.64. The topological polar surface area (TPSA) is 33.0 Å². The smallest absolute Gasteiger partial charge is 0.0991 e. The average molecular weight is 325 g/mol. The van der Waals surface area contributed by atoms with Gasteiger partial charge < -0.3 is 4.74 Å². The van der Waals surface area contributed by atoms with Crippen LogP contribution in [-0.4, -0.2) is 6.61 Å². The minimum Gasteiger partial charge on any atom is -0.501 e. The van der Waals surface area contributed by atoms with Crippen molar-refractivity contribution in [2.75, 3.05) is 6.61 Å². The van der Waals surface area contributed by atoms with Crippen LogP contribution in [0.2, 0.25) is 0 Å². The molecule has 1 aromatic rings. The SMILES string of the molecule is CCCCCCC=COCC1CCC(c2ccc(C#N)cc2)CC1. The summed E-state index contributed by atoms with van der Waals surface area (Å²) in [6.45, 7) is 3.11. The quantitative estimate of drug-likeness (QED) is 0.392. The molecular weight excluding hydrogens is 294 g/mol. The van der Waals surface area contributed by atoms with Gasteiger partial charge in [0.1, 0.15) is 0 Å². The van der Waals surface area contributed by atoms with Crippen LogP contribution < -0.4 is 0 Å². The first-order valence-electron chi connectivity index (χ1n) is 9.60. The van der Waals surface area contributed by atoms with Gasteiger partial charge in [0.2, 0.25) is 0 Å². The van der Waals surface area contributed by atoms with Crippen molar-refractivity contribution >= 4 is 0 Å². The van der Waals surface area contributed by atoms with Crippen molar-refractivity contribution in [3.8, 4) is 6.07 Å². The number of nitrogens with zero attached hydrogens (tertiary/aromatic N) is 1. The summed E-state index contributed by atoms with van der Waals surface area (Å²) < 4.78 is 5.73. The van der Waals surface area contributed by atoms with Crippen molar-refractivity contribution in [1.82, 2.24) is 0 Å². The van der Waals surface area contributed by atoms with Crippen LogP contribution in [0.5, 0.6) is 0 Å². The lowest BCUT2D eigenvalue weighted by Gasteiger charge is -2.28. The Hall–Kier alpha value is -1.75. The van der Waals surface area contributed by atoms with Gasteiger partial charge in [-0.15, -0.1) is 0 Å². The molecule has 1 fully saturated rings. The molecule has 24 heavy (non-hydrogen) atoms. The zero-order chi connectivity index (χ0) is 17.0. The van der Waals surface area contributed by atoms with E-state index >= 15 is 0 Å². The van der Waals surface area contributed by atoms with Crippen LogP contribution in [0.1, 0.15) is 81.8 Å². The normalized spacial score (nSPS) is 20.8. The summed E-state index contributed by atoms with van der Waals surface area (Å²) in [4.78, 5) is 0. The van der Waals surface area contributed by atoms with Gasteiger partial charge in [-0.3, -0.25) is 0 Å². The fourth-order valence-electron chi connectivity index (χ4n) is 3.51. The first kappa shape index (κ1) is 18.6. The van der Waals surface area contributed by atoms with Gasteiger partial charge >= 0.3 is 0 Å². The van der Waals surface area contributed by atoms with E-state index in [-0.39, 0.29) is 0 Å². The summed E-state index contributed by atoms with van der Waals surface area (Å²) in [6, 6.07) is 10.3. The number of hydrogen-bond acceptors (Lipinski definition) is 2. The monoisotopic (exact) mass is 325 g/mol. The first-order chi connectivity index (χ1) is 11.8. The Morgan fingerprint density at radius 3 is 2.50 bits per heavy atom. The van der Waals surface area contributed by atoms with E-state index < -0.39 is 0 Å². The highest BCUT2D eigenvalue weighted by Crippen LogP contribution is 2.35. The molecule has 0 N–H and O–H groups in total. The molecule has 0 atom stereocenters. The molecule has 0 amide bonds. The van der Waals surface area contributed by atoms with Crippen LogP contribution >= 0.6 is 0 Å². The second kappa shape index (κ2) is 10.9. The van der Waals surface area contributed by atoms with Gasteiger partial charge in [0.25, 0.3) is 0 Å². The summed E-state index contributed by atoms with van der Waals surface area (Å²) in [5, 5.41) is 8.88. The number of nitriles is 1. The van der Waals surface area contributed by atoms with E-state index in [4.69, 9.17) is 10.00 Å². The zero-order valence-corrected chi connectivity index (χ0v) is 15.0. The van der Waals surface area contributed by atoms with Gasteiger partial charge in [-0.05, 0) is 74.1 Å². The molecule has 130 valence electrons. The second-order valence-electron chi connectivity index (χ2n) is 7.01. The standard InChI is InChI=1S/C22H31NO/c1-2-3-4-5-6-7-16-24-18-20-10-14-22(15-11-20)21-12-8-19(17-23)9-13-21/h7-9,12-13,16,20,22H,2-6,10-11,14-15,18H2,1H3. The Labute approximate surface area is 147 Å². The number of allylic oxidation sites excluding steroid dienone is 1. The van der Waals surface area contributed by atoms with Crippen molar-refractivity contribution in [3.05, 3.63) is 47.7 Å². The van der Waals surface area contributed by atoms with Gasteiger partial charge in [-0.1, -0.05) is 38.3 Å². The van der Waals surface area contributed by atoms with E-state index in [2.05, 4.69) is 31.2 Å². The van der Waals surface area contributed by atoms with E-state index in [0.29, 0.717) is 11.8 Å². The van der Waals surface area contributed by atoms with Crippen molar-refractivity contribution in [3.63, 3.8) is 0 Å². The van der Waals surface area contributed by atoms with Gasteiger partial charge in [0.15, 0.2) is 0 Å². The third-order valence-corrected chi connectivity index (χ3v) is 5.11. The molecule has 2 heteroatoms. The van der Waals surface area contributed by atoms with Crippen LogP contribution in [0.25, 0.3) is 0 Å². The number of hydrogen-bond donors (Lipinski definition) is 0. The summed E-state index contributed by atoms with van der Waals surface area (Å²) in [7, 11) is 0. The van der Waals surface area contributed by atoms with E-state index in [1.807, 2.05) is 18.4 Å². The summed E-state index contributed by atoms with van der Waals surface area (Å²) >= 11 is 0. The van der Waals surface area contributed by atoms with Crippen LogP contribution in [0.4, 0.5) is 0 Å². The fraction of sp³-hybridized carbons (Fsp3) is 0.591. The van der Waals surface area contributed by atoms with E-state index in [9.17, 15) is 0 Å². The third kappa shape index (κ3) is 6.40. The summed E-state index contributed by atoms with van der Waals surface area (Å²) in [6.07, 6.45) is 15.5. The predicted molar refractivity (Wildman–Crippen MR) is 99.7 cm³/mol. The largest absolute Gasteiger partial charge is 0.501 e. The molecule has 0 heterocycles. The number of unbranched alkanes of at least 4 members (excludes halogenated alkanes) is 4. The summed E-state index contributed by atoms with van der Waals surface area (Å²) in [5.41, 5.74) is 2.14. The van der Waals surface area contributed by atoms with Crippen molar-refractivity contribution < 1.29 is 4.74 Å². The molecule has 0 radical (unpaired) electrons. The zero-order valence-electron chi connectivity index (χ0n) is 15.0. The minimum absolute atomic E-state index is 0.656. The van der Waals surface area contributed by atoms with Crippen LogP contribution in [0, 0.1) is 17.2 Å². The molecule has 1 saturated carbocycles. The van der Waals surface area contributed by atoms with Gasteiger partial charge in [0, 0.05) is 0 Å². The Bertz CT molecular complexity index is 518. The highest BCUT2D eigenvalue weighted by Gasteiger charge is 2.22. The van der Waals surface area contributed by atoms with E-state index in [1.165, 1.54) is 56.9 Å². The van der Waals surface area contributed by atoms with Crippen molar-refractivity contribution in [2.45, 2.75) is 70.6 Å². The second-order valence-corrected chi connectivity index (χ2v) is 7.01. The third-order valence-electron chi connectivity index (χ3n) is 5.11. The molecule has 0 saturated heterocycles. The fourth-order valence-corrected chi connectivity index (χ4v) is 3.51. The highest BCUT2D eigenvalue weighted by atomic mass is 16.5. The molecule has 0 aliphatic heterocycles. The number of ether oxygens (including phenoxy) is 1. The van der Waals surface area contributed by atoms with Gasteiger partial charge in [-0.2, -0.15) is 5.26 Å². The van der Waals surface area contributed by atoms with Gasteiger partial charge in [-0.25, -0.2) is 0 Å². The van der Waals surface area contributed by atoms with Crippen molar-refractivity contribution in [1.29, 1.82) is 5.26 Å². The molecule has 1 aromatic carbocycles. The van der Waals surface area contributed by atoms with Gasteiger partial charge in [0.05, 0.1) is 24.5 Å². The lowest BCUT2D eigenvalue weighted by atomic mass is 9.79. The number of benzene rings is 1. The Balaban J connectivity index is 1.60. The maximum atomic E-state index is 8.88. The molecule has 1 aliphatic rings. The molecule has 0 bridgehead atoms. The Kier molecular flexibility index (Phi) is 8.46. The maximum Gasteiger partial charge on any atom is 0.0991 e. The van der Waals surface area contributed by atoms with E-state index in [0.717, 1.165) is 18.6 Å². The number of rotatable bonds is 9. The molecular formula is C22H31NO. The molecule has 2 rings (SSSR count).